The summed E-state index contributed by atoms with van der Waals surface area (Å²) in [6.07, 6.45) is 2.12. The lowest BCUT2D eigenvalue weighted by molar-refractivity contribution is -0.118. The van der Waals surface area contributed by atoms with Gasteiger partial charge in [-0.25, -0.2) is 0 Å². The zero-order valence-corrected chi connectivity index (χ0v) is 16.8. The SMILES string of the molecule is CC(N)SC(N)NC(=O)CSc1cn(Cc2ccccc2)c2ccccc12. The maximum Gasteiger partial charge on any atom is 0.232 e. The van der Waals surface area contributed by atoms with Crippen LogP contribution in [0.3, 0.4) is 0 Å². The van der Waals surface area contributed by atoms with Gasteiger partial charge in [0.05, 0.1) is 11.1 Å². The largest absolute Gasteiger partial charge is 0.342 e. The monoisotopic (exact) mass is 400 g/mol. The number of para-hydroxylation sites is 1. The van der Waals surface area contributed by atoms with Crippen LogP contribution in [0.2, 0.25) is 0 Å². The van der Waals surface area contributed by atoms with Crippen molar-refractivity contribution in [3.63, 3.8) is 0 Å². The maximum absolute atomic E-state index is 12.2. The maximum atomic E-state index is 12.2. The molecule has 0 saturated heterocycles. The number of amides is 1. The van der Waals surface area contributed by atoms with Crippen LogP contribution in [0.25, 0.3) is 10.9 Å². The third-order valence-electron chi connectivity index (χ3n) is 3.97. The Morgan fingerprint density at radius 3 is 2.56 bits per heavy atom. The van der Waals surface area contributed by atoms with Crippen LogP contribution in [0.4, 0.5) is 0 Å². The van der Waals surface area contributed by atoms with Crippen LogP contribution in [0.1, 0.15) is 12.5 Å². The number of fused-ring (bicyclic) bond motifs is 1. The highest BCUT2D eigenvalue weighted by Gasteiger charge is 2.13. The molecule has 1 aromatic heterocycles. The van der Waals surface area contributed by atoms with E-state index in [1.54, 1.807) is 0 Å². The van der Waals surface area contributed by atoms with Gasteiger partial charge in [-0.1, -0.05) is 48.5 Å². The predicted molar refractivity (Wildman–Crippen MR) is 116 cm³/mol. The first-order valence-electron chi connectivity index (χ1n) is 8.73. The van der Waals surface area contributed by atoms with E-state index < -0.39 is 5.50 Å². The van der Waals surface area contributed by atoms with Gasteiger partial charge in [-0.15, -0.1) is 23.5 Å². The van der Waals surface area contributed by atoms with Crippen LogP contribution >= 0.6 is 23.5 Å². The van der Waals surface area contributed by atoms with Gasteiger partial charge < -0.3 is 21.4 Å². The van der Waals surface area contributed by atoms with Gasteiger partial charge in [-0.3, -0.25) is 4.79 Å². The van der Waals surface area contributed by atoms with Crippen molar-refractivity contribution < 1.29 is 4.79 Å². The van der Waals surface area contributed by atoms with E-state index in [0.717, 1.165) is 22.3 Å². The molecule has 7 heteroatoms. The number of nitrogens with two attached hydrogens (primary N) is 2. The van der Waals surface area contributed by atoms with Gasteiger partial charge in [0.2, 0.25) is 5.91 Å². The topological polar surface area (TPSA) is 86.1 Å². The molecule has 2 atom stereocenters. The normalized spacial score (nSPS) is 13.4. The van der Waals surface area contributed by atoms with Crippen LogP contribution in [0.15, 0.2) is 65.7 Å². The second-order valence-corrected chi connectivity index (χ2v) is 8.78. The standard InChI is InChI=1S/C20H24N4OS2/c1-14(21)27-20(22)23-19(25)13-26-18-12-24(11-15-7-3-2-4-8-15)17-10-6-5-9-16(17)18/h2-10,12,14,20H,11,13,21-22H2,1H3,(H,23,25). The van der Waals surface area contributed by atoms with Crippen LogP contribution in [0, 0.1) is 0 Å². The van der Waals surface area contributed by atoms with Gasteiger partial charge in [-0.2, -0.15) is 0 Å². The number of thioether (sulfide) groups is 2. The molecular weight excluding hydrogens is 376 g/mol. The first-order valence-corrected chi connectivity index (χ1v) is 10.7. The van der Waals surface area contributed by atoms with Crippen molar-refractivity contribution in [2.75, 3.05) is 5.75 Å². The molecule has 5 nitrogen and oxygen atoms in total. The average Bonchev–Trinajstić information content (AvgIpc) is 2.98. The molecule has 0 aliphatic carbocycles. The predicted octanol–water partition coefficient (Wildman–Crippen LogP) is 3.18. The molecule has 0 aliphatic rings. The summed E-state index contributed by atoms with van der Waals surface area (Å²) < 4.78 is 2.22. The lowest BCUT2D eigenvalue weighted by atomic mass is 10.2. The molecule has 0 spiro atoms. The van der Waals surface area contributed by atoms with Crippen molar-refractivity contribution in [3.05, 3.63) is 66.4 Å². The molecule has 0 aliphatic heterocycles. The number of aromatic nitrogens is 1. The molecule has 0 fully saturated rings. The molecule has 142 valence electrons. The van der Waals surface area contributed by atoms with Gasteiger partial charge in [0.1, 0.15) is 5.50 Å². The summed E-state index contributed by atoms with van der Waals surface area (Å²) in [6.45, 7) is 2.64. The molecule has 5 N–H and O–H groups in total. The van der Waals surface area contributed by atoms with Crippen molar-refractivity contribution in [2.24, 2.45) is 11.5 Å². The fourth-order valence-corrected chi connectivity index (χ4v) is 4.41. The Morgan fingerprint density at radius 2 is 1.81 bits per heavy atom. The molecule has 3 rings (SSSR count). The Kier molecular flexibility index (Phi) is 6.84. The van der Waals surface area contributed by atoms with Gasteiger partial charge in [0.15, 0.2) is 0 Å². The Hall–Kier alpha value is -1.93. The fraction of sp³-hybridized carbons (Fsp3) is 0.250. The summed E-state index contributed by atoms with van der Waals surface area (Å²) in [7, 11) is 0. The molecule has 0 bridgehead atoms. The molecule has 0 radical (unpaired) electrons. The zero-order chi connectivity index (χ0) is 19.2. The summed E-state index contributed by atoms with van der Waals surface area (Å²) in [5.74, 6) is 0.215. The number of carbonyl (C=O) groups excluding carboxylic acids is 1. The minimum Gasteiger partial charge on any atom is -0.342 e. The third kappa shape index (κ3) is 5.52. The van der Waals surface area contributed by atoms with E-state index in [2.05, 4.69) is 40.3 Å². The van der Waals surface area contributed by atoms with Crippen molar-refractivity contribution in [1.29, 1.82) is 0 Å². The Bertz CT molecular complexity index is 895. The summed E-state index contributed by atoms with van der Waals surface area (Å²) >= 11 is 2.84. The second-order valence-electron chi connectivity index (χ2n) is 6.24. The van der Waals surface area contributed by atoms with Crippen molar-refractivity contribution >= 4 is 40.3 Å². The van der Waals surface area contributed by atoms with E-state index >= 15 is 0 Å². The average molecular weight is 401 g/mol. The smallest absolute Gasteiger partial charge is 0.232 e. The Labute approximate surface area is 167 Å². The van der Waals surface area contributed by atoms with E-state index in [9.17, 15) is 4.79 Å². The zero-order valence-electron chi connectivity index (χ0n) is 15.2. The van der Waals surface area contributed by atoms with E-state index in [-0.39, 0.29) is 11.3 Å². The Balaban J connectivity index is 1.70. The van der Waals surface area contributed by atoms with Crippen LogP contribution in [0.5, 0.6) is 0 Å². The molecule has 27 heavy (non-hydrogen) atoms. The summed E-state index contributed by atoms with van der Waals surface area (Å²) in [4.78, 5) is 13.3. The number of rotatable bonds is 8. The van der Waals surface area contributed by atoms with Crippen LogP contribution in [-0.4, -0.2) is 27.1 Å². The molecule has 1 heterocycles. The van der Waals surface area contributed by atoms with Crippen molar-refractivity contribution in [1.82, 2.24) is 9.88 Å². The summed E-state index contributed by atoms with van der Waals surface area (Å²) in [6, 6.07) is 18.6. The quantitative estimate of drug-likeness (QED) is 0.399. The third-order valence-corrected chi connectivity index (χ3v) is 5.85. The lowest BCUT2D eigenvalue weighted by Crippen LogP contribution is -2.41. The summed E-state index contributed by atoms with van der Waals surface area (Å²) in [5, 5.41) is 3.80. The summed E-state index contributed by atoms with van der Waals surface area (Å²) in [5.41, 5.74) is 13.5. The first-order chi connectivity index (χ1) is 13.0. The highest BCUT2D eigenvalue weighted by Crippen LogP contribution is 2.30. The van der Waals surface area contributed by atoms with Crippen LogP contribution in [-0.2, 0) is 11.3 Å². The highest BCUT2D eigenvalue weighted by molar-refractivity contribution is 8.00. The lowest BCUT2D eigenvalue weighted by Gasteiger charge is -2.15. The van der Waals surface area contributed by atoms with Crippen LogP contribution < -0.4 is 16.8 Å². The molecule has 0 saturated carbocycles. The molecule has 3 aromatic rings. The Morgan fingerprint density at radius 1 is 1.11 bits per heavy atom. The van der Waals surface area contributed by atoms with Gasteiger partial charge in [-0.05, 0) is 18.6 Å². The van der Waals surface area contributed by atoms with Gasteiger partial charge in [0.25, 0.3) is 0 Å². The van der Waals surface area contributed by atoms with E-state index in [1.165, 1.54) is 29.1 Å². The first kappa shape index (κ1) is 19.8. The number of nitrogens with zero attached hydrogens (tertiary/aromatic N) is 1. The van der Waals surface area contributed by atoms with Gasteiger partial charge >= 0.3 is 0 Å². The fourth-order valence-electron chi connectivity index (χ4n) is 2.85. The number of benzene rings is 2. The minimum atomic E-state index is -0.488. The molecule has 1 amide bonds. The molecule has 2 unspecified atom stereocenters. The van der Waals surface area contributed by atoms with Crippen molar-refractivity contribution in [3.8, 4) is 0 Å². The van der Waals surface area contributed by atoms with E-state index in [0.29, 0.717) is 5.75 Å². The molecular formula is C20H24N4OS2. The van der Waals surface area contributed by atoms with Crippen molar-refractivity contribution in [2.45, 2.75) is 29.2 Å². The van der Waals surface area contributed by atoms with E-state index in [1.807, 2.05) is 37.3 Å². The number of carbonyl (C=O) groups is 1. The number of nitrogens with one attached hydrogen (secondary N) is 1. The second kappa shape index (κ2) is 9.32. The highest BCUT2D eigenvalue weighted by atomic mass is 32.2. The minimum absolute atomic E-state index is 0.0967. The number of hydrogen-bond donors (Lipinski definition) is 3. The van der Waals surface area contributed by atoms with E-state index in [4.69, 9.17) is 11.5 Å². The molecule has 2 aromatic carbocycles. The number of hydrogen-bond acceptors (Lipinski definition) is 5. The van der Waals surface area contributed by atoms with Gasteiger partial charge in [0, 0.05) is 28.5 Å².